The van der Waals surface area contributed by atoms with Gasteiger partial charge in [0, 0.05) is 17.5 Å². The number of halogens is 1. The molecule has 0 spiro atoms. The van der Waals surface area contributed by atoms with Crippen LogP contribution in [0.5, 0.6) is 5.75 Å². The average molecular weight is 297 g/mol. The van der Waals surface area contributed by atoms with Crippen LogP contribution in [-0.4, -0.2) is 18.6 Å². The average Bonchev–Trinajstić information content (AvgIpc) is 3.18. The van der Waals surface area contributed by atoms with Crippen LogP contribution in [0, 0.1) is 0 Å². The first-order valence-corrected chi connectivity index (χ1v) is 7.34. The summed E-state index contributed by atoms with van der Waals surface area (Å²) >= 11 is 6.28. The van der Waals surface area contributed by atoms with Gasteiger partial charge < -0.3 is 15.8 Å². The second kappa shape index (κ2) is 6.02. The van der Waals surface area contributed by atoms with Crippen LogP contribution in [0.3, 0.4) is 0 Å². The lowest BCUT2D eigenvalue weighted by Gasteiger charge is -2.20. The molecule has 0 aromatic heterocycles. The molecule has 0 aliphatic heterocycles. The highest BCUT2D eigenvalue weighted by Gasteiger charge is 2.46. The summed E-state index contributed by atoms with van der Waals surface area (Å²) in [6.45, 7) is 4.19. The van der Waals surface area contributed by atoms with Crippen molar-refractivity contribution >= 4 is 17.5 Å². The molecule has 110 valence electrons. The summed E-state index contributed by atoms with van der Waals surface area (Å²) in [7, 11) is 0. The van der Waals surface area contributed by atoms with Crippen LogP contribution in [0.2, 0.25) is 5.02 Å². The number of hydrogen-bond donors (Lipinski definition) is 2. The number of nitrogens with one attached hydrogen (secondary N) is 1. The van der Waals surface area contributed by atoms with Crippen LogP contribution in [0.25, 0.3) is 0 Å². The van der Waals surface area contributed by atoms with E-state index in [9.17, 15) is 4.79 Å². The molecule has 1 aromatic rings. The van der Waals surface area contributed by atoms with E-state index >= 15 is 0 Å². The summed E-state index contributed by atoms with van der Waals surface area (Å²) in [6.07, 6.45) is 2.30. The first-order chi connectivity index (χ1) is 9.47. The third-order valence-electron chi connectivity index (χ3n) is 3.42. The fraction of sp³-hybridized carbons (Fsp3) is 0.533. The van der Waals surface area contributed by atoms with Gasteiger partial charge in [-0.05, 0) is 43.5 Å². The quantitative estimate of drug-likeness (QED) is 0.848. The fourth-order valence-corrected chi connectivity index (χ4v) is 2.43. The van der Waals surface area contributed by atoms with Gasteiger partial charge in [0.05, 0.1) is 5.54 Å². The topological polar surface area (TPSA) is 64.3 Å². The van der Waals surface area contributed by atoms with E-state index in [0.717, 1.165) is 24.2 Å². The smallest absolute Gasteiger partial charge is 0.220 e. The van der Waals surface area contributed by atoms with E-state index in [1.54, 1.807) is 0 Å². The van der Waals surface area contributed by atoms with Crippen molar-refractivity contribution in [1.82, 2.24) is 5.32 Å². The number of ether oxygens (including phenoxy) is 1. The predicted molar refractivity (Wildman–Crippen MR) is 79.9 cm³/mol. The maximum absolute atomic E-state index is 11.7. The van der Waals surface area contributed by atoms with Gasteiger partial charge >= 0.3 is 0 Å². The van der Waals surface area contributed by atoms with Gasteiger partial charge in [-0.15, -0.1) is 0 Å². The number of carbonyl (C=O) groups is 1. The van der Waals surface area contributed by atoms with Crippen LogP contribution >= 0.6 is 11.6 Å². The first kappa shape index (κ1) is 15.1. The van der Waals surface area contributed by atoms with E-state index in [1.807, 2.05) is 32.0 Å². The highest BCUT2D eigenvalue weighted by Crippen LogP contribution is 2.49. The van der Waals surface area contributed by atoms with Gasteiger partial charge in [-0.25, -0.2) is 0 Å². The number of amides is 1. The zero-order valence-corrected chi connectivity index (χ0v) is 12.7. The van der Waals surface area contributed by atoms with Gasteiger partial charge in [0.1, 0.15) is 12.4 Å². The Kier molecular flexibility index (Phi) is 4.55. The molecule has 0 heterocycles. The van der Waals surface area contributed by atoms with E-state index in [-0.39, 0.29) is 17.5 Å². The number of hydrogen-bond acceptors (Lipinski definition) is 3. The number of rotatable bonds is 6. The Balaban J connectivity index is 2.18. The third-order valence-corrected chi connectivity index (χ3v) is 3.75. The lowest BCUT2D eigenvalue weighted by Crippen LogP contribution is -2.34. The summed E-state index contributed by atoms with van der Waals surface area (Å²) in [4.78, 5) is 11.7. The normalized spacial score (nSPS) is 17.4. The summed E-state index contributed by atoms with van der Waals surface area (Å²) in [5, 5.41) is 3.72. The van der Waals surface area contributed by atoms with Crippen LogP contribution in [0.15, 0.2) is 18.2 Å². The molecule has 1 aliphatic carbocycles. The molecule has 0 bridgehead atoms. The molecule has 4 nitrogen and oxygen atoms in total. The molecule has 0 saturated heterocycles. The lowest BCUT2D eigenvalue weighted by molar-refractivity contribution is -0.121. The molecule has 5 heteroatoms. The maximum atomic E-state index is 11.7. The van der Waals surface area contributed by atoms with Crippen LogP contribution < -0.4 is 15.8 Å². The largest absolute Gasteiger partial charge is 0.492 e. The van der Waals surface area contributed by atoms with E-state index in [4.69, 9.17) is 22.1 Å². The Morgan fingerprint density at radius 2 is 2.25 bits per heavy atom. The van der Waals surface area contributed by atoms with Crippen LogP contribution in [-0.2, 0) is 10.3 Å². The second-order valence-corrected chi connectivity index (χ2v) is 5.82. The highest BCUT2D eigenvalue weighted by molar-refractivity contribution is 6.31. The number of benzene rings is 1. The molecule has 1 fully saturated rings. The SMILES string of the molecule is CCC(=O)NC1(c2cc(OC[C@H](C)N)ccc2Cl)CC1. The Morgan fingerprint density at radius 3 is 2.80 bits per heavy atom. The highest BCUT2D eigenvalue weighted by atomic mass is 35.5. The maximum Gasteiger partial charge on any atom is 0.220 e. The predicted octanol–water partition coefficient (Wildman–Crippen LogP) is 2.58. The number of nitrogens with two attached hydrogens (primary N) is 1. The van der Waals surface area contributed by atoms with E-state index in [1.165, 1.54) is 0 Å². The molecule has 0 radical (unpaired) electrons. The molecule has 0 unspecified atom stereocenters. The Morgan fingerprint density at radius 1 is 1.55 bits per heavy atom. The molecule has 1 atom stereocenters. The van der Waals surface area contributed by atoms with Crippen molar-refractivity contribution in [3.05, 3.63) is 28.8 Å². The minimum absolute atomic E-state index is 0.0243. The molecule has 3 N–H and O–H groups in total. The Hall–Kier alpha value is -1.26. The van der Waals surface area contributed by atoms with Crippen molar-refractivity contribution in [3.63, 3.8) is 0 Å². The van der Waals surface area contributed by atoms with E-state index in [0.29, 0.717) is 18.1 Å². The van der Waals surface area contributed by atoms with Crippen LogP contribution in [0.1, 0.15) is 38.7 Å². The van der Waals surface area contributed by atoms with Gasteiger partial charge in [0.15, 0.2) is 0 Å². The van der Waals surface area contributed by atoms with E-state index in [2.05, 4.69) is 5.32 Å². The van der Waals surface area contributed by atoms with Gasteiger partial charge in [-0.3, -0.25) is 4.79 Å². The minimum atomic E-state index is -0.308. The second-order valence-electron chi connectivity index (χ2n) is 5.41. The molecular weight excluding hydrogens is 276 g/mol. The first-order valence-electron chi connectivity index (χ1n) is 6.96. The summed E-state index contributed by atoms with van der Waals surface area (Å²) in [5.41, 5.74) is 6.31. The third kappa shape index (κ3) is 3.44. The zero-order chi connectivity index (χ0) is 14.8. The van der Waals surface area contributed by atoms with Gasteiger partial charge in [0.2, 0.25) is 5.91 Å². The fourth-order valence-electron chi connectivity index (χ4n) is 2.13. The molecule has 2 rings (SSSR count). The summed E-state index contributed by atoms with van der Waals surface area (Å²) < 4.78 is 5.62. The summed E-state index contributed by atoms with van der Waals surface area (Å²) in [6, 6.07) is 5.52. The molecule has 1 saturated carbocycles. The van der Waals surface area contributed by atoms with Crippen LogP contribution in [0.4, 0.5) is 0 Å². The van der Waals surface area contributed by atoms with Gasteiger partial charge in [-0.1, -0.05) is 18.5 Å². The van der Waals surface area contributed by atoms with Gasteiger partial charge in [-0.2, -0.15) is 0 Å². The van der Waals surface area contributed by atoms with Gasteiger partial charge in [0.25, 0.3) is 0 Å². The van der Waals surface area contributed by atoms with Crippen molar-refractivity contribution in [2.75, 3.05) is 6.61 Å². The van der Waals surface area contributed by atoms with Crippen molar-refractivity contribution in [2.45, 2.75) is 44.7 Å². The minimum Gasteiger partial charge on any atom is -0.492 e. The Bertz CT molecular complexity index is 499. The van der Waals surface area contributed by atoms with Crippen molar-refractivity contribution in [2.24, 2.45) is 5.73 Å². The Labute approximate surface area is 124 Å². The molecular formula is C15H21ClN2O2. The molecule has 20 heavy (non-hydrogen) atoms. The monoisotopic (exact) mass is 296 g/mol. The summed E-state index contributed by atoms with van der Waals surface area (Å²) in [5.74, 6) is 0.777. The van der Waals surface area contributed by atoms with Crippen molar-refractivity contribution < 1.29 is 9.53 Å². The number of carbonyl (C=O) groups excluding carboxylic acids is 1. The van der Waals surface area contributed by atoms with E-state index < -0.39 is 0 Å². The molecule has 1 aromatic carbocycles. The molecule has 1 amide bonds. The standard InChI is InChI=1S/C15H21ClN2O2/c1-3-14(19)18-15(6-7-15)12-8-11(4-5-13(12)16)20-9-10(2)17/h4-5,8,10H,3,6-7,9,17H2,1-2H3,(H,18,19)/t10-/m0/s1. The van der Waals surface area contributed by atoms with Crippen molar-refractivity contribution in [3.8, 4) is 5.75 Å². The lowest BCUT2D eigenvalue weighted by atomic mass is 10.0. The van der Waals surface area contributed by atoms with Crippen molar-refractivity contribution in [1.29, 1.82) is 0 Å². The zero-order valence-electron chi connectivity index (χ0n) is 11.9. The molecule has 1 aliphatic rings.